The van der Waals surface area contributed by atoms with Crippen molar-refractivity contribution in [2.75, 3.05) is 0 Å². The van der Waals surface area contributed by atoms with Crippen molar-refractivity contribution in [2.45, 2.75) is 16.7 Å². The quantitative estimate of drug-likeness (QED) is 0.829. The van der Waals surface area contributed by atoms with E-state index in [4.69, 9.17) is 10.2 Å². The van der Waals surface area contributed by atoms with E-state index in [2.05, 4.69) is 9.97 Å². The van der Waals surface area contributed by atoms with Crippen LogP contribution in [0.4, 0.5) is 0 Å². The van der Waals surface area contributed by atoms with Gasteiger partial charge in [0, 0.05) is 17.6 Å². The molecule has 0 aliphatic heterocycles. The number of aromatic nitrogens is 2. The van der Waals surface area contributed by atoms with Crippen LogP contribution in [0.3, 0.4) is 0 Å². The van der Waals surface area contributed by atoms with Gasteiger partial charge in [0.15, 0.2) is 0 Å². The Kier molecular flexibility index (Phi) is 2.81. The molecule has 0 aliphatic rings. The number of nitrogens with two attached hydrogens (primary N) is 1. The number of pyridine rings is 1. The van der Waals surface area contributed by atoms with Crippen molar-refractivity contribution >= 4 is 11.8 Å². The highest BCUT2D eigenvalue weighted by Gasteiger charge is 2.01. The molecule has 0 atom stereocenters. The first kappa shape index (κ1) is 9.23. The third-order valence-electron chi connectivity index (χ3n) is 1.62. The molecule has 0 amide bonds. The van der Waals surface area contributed by atoms with E-state index in [0.717, 1.165) is 10.6 Å². The number of hydrogen-bond donors (Lipinski definition) is 1. The van der Waals surface area contributed by atoms with Crippen molar-refractivity contribution in [3.63, 3.8) is 0 Å². The topological polar surface area (TPSA) is 64.9 Å². The zero-order valence-corrected chi connectivity index (χ0v) is 8.20. The van der Waals surface area contributed by atoms with Crippen LogP contribution in [0.2, 0.25) is 0 Å². The SMILES string of the molecule is NCc1ccc(Sc2ncco2)cn1. The Morgan fingerprint density at radius 2 is 2.29 bits per heavy atom. The molecule has 0 saturated heterocycles. The molecule has 14 heavy (non-hydrogen) atoms. The fraction of sp³-hybridized carbons (Fsp3) is 0.111. The van der Waals surface area contributed by atoms with Crippen LogP contribution in [-0.2, 0) is 6.54 Å². The summed E-state index contributed by atoms with van der Waals surface area (Å²) in [5.41, 5.74) is 6.31. The first-order valence-electron chi connectivity index (χ1n) is 4.11. The molecule has 0 saturated carbocycles. The van der Waals surface area contributed by atoms with Gasteiger partial charge < -0.3 is 10.2 Å². The predicted octanol–water partition coefficient (Wildman–Crippen LogP) is 1.68. The second kappa shape index (κ2) is 4.26. The predicted molar refractivity (Wildman–Crippen MR) is 52.8 cm³/mol. The lowest BCUT2D eigenvalue weighted by molar-refractivity contribution is 0.454. The molecule has 5 heteroatoms. The molecule has 0 unspecified atom stereocenters. The molecule has 2 aromatic heterocycles. The van der Waals surface area contributed by atoms with E-state index < -0.39 is 0 Å². The van der Waals surface area contributed by atoms with Gasteiger partial charge in [-0.1, -0.05) is 0 Å². The largest absolute Gasteiger partial charge is 0.440 e. The van der Waals surface area contributed by atoms with Gasteiger partial charge in [0.2, 0.25) is 0 Å². The summed E-state index contributed by atoms with van der Waals surface area (Å²) in [5, 5.41) is 0.618. The summed E-state index contributed by atoms with van der Waals surface area (Å²) in [6.07, 6.45) is 4.92. The van der Waals surface area contributed by atoms with Gasteiger partial charge >= 0.3 is 0 Å². The van der Waals surface area contributed by atoms with E-state index in [1.807, 2.05) is 12.1 Å². The highest BCUT2D eigenvalue weighted by molar-refractivity contribution is 7.99. The second-order valence-corrected chi connectivity index (χ2v) is 3.61. The molecule has 2 rings (SSSR count). The summed E-state index contributed by atoms with van der Waals surface area (Å²) >= 11 is 1.43. The van der Waals surface area contributed by atoms with Crippen LogP contribution in [-0.4, -0.2) is 9.97 Å². The first-order valence-corrected chi connectivity index (χ1v) is 4.92. The molecule has 2 N–H and O–H groups in total. The zero-order valence-electron chi connectivity index (χ0n) is 7.38. The number of rotatable bonds is 3. The van der Waals surface area contributed by atoms with Crippen LogP contribution < -0.4 is 5.73 Å². The summed E-state index contributed by atoms with van der Waals surface area (Å²) in [4.78, 5) is 9.15. The van der Waals surface area contributed by atoms with Crippen molar-refractivity contribution in [1.82, 2.24) is 9.97 Å². The molecule has 0 bridgehead atoms. The van der Waals surface area contributed by atoms with Crippen molar-refractivity contribution in [2.24, 2.45) is 5.73 Å². The van der Waals surface area contributed by atoms with Crippen LogP contribution in [0, 0.1) is 0 Å². The minimum Gasteiger partial charge on any atom is -0.440 e. The molecular weight excluding hydrogens is 198 g/mol. The van der Waals surface area contributed by atoms with E-state index >= 15 is 0 Å². The fourth-order valence-corrected chi connectivity index (χ4v) is 1.61. The van der Waals surface area contributed by atoms with E-state index in [0.29, 0.717) is 11.8 Å². The summed E-state index contributed by atoms with van der Waals surface area (Å²) in [5.74, 6) is 0. The maximum atomic E-state index is 5.44. The molecule has 2 heterocycles. The molecule has 2 aromatic rings. The van der Waals surface area contributed by atoms with Gasteiger partial charge in [-0.25, -0.2) is 4.98 Å². The molecule has 0 spiro atoms. The first-order chi connectivity index (χ1) is 6.88. The van der Waals surface area contributed by atoms with Crippen LogP contribution in [0.25, 0.3) is 0 Å². The maximum absolute atomic E-state index is 5.44. The second-order valence-electron chi connectivity index (χ2n) is 2.59. The third-order valence-corrected chi connectivity index (χ3v) is 2.48. The normalized spacial score (nSPS) is 10.4. The van der Waals surface area contributed by atoms with E-state index in [9.17, 15) is 0 Å². The Morgan fingerprint density at radius 1 is 1.36 bits per heavy atom. The Morgan fingerprint density at radius 3 is 2.86 bits per heavy atom. The van der Waals surface area contributed by atoms with E-state index in [1.54, 1.807) is 18.7 Å². The van der Waals surface area contributed by atoms with Crippen LogP contribution in [0.5, 0.6) is 0 Å². The van der Waals surface area contributed by atoms with Gasteiger partial charge in [-0.15, -0.1) is 0 Å². The van der Waals surface area contributed by atoms with E-state index in [-0.39, 0.29) is 0 Å². The monoisotopic (exact) mass is 207 g/mol. The Balaban J connectivity index is 2.10. The Hall–Kier alpha value is -1.33. The van der Waals surface area contributed by atoms with Gasteiger partial charge in [-0.3, -0.25) is 4.98 Å². The average molecular weight is 207 g/mol. The standard InChI is InChI=1S/C9H9N3OS/c10-5-7-1-2-8(6-12-7)14-9-11-3-4-13-9/h1-4,6H,5,10H2. The molecule has 0 fully saturated rings. The lowest BCUT2D eigenvalue weighted by Crippen LogP contribution is -1.98. The van der Waals surface area contributed by atoms with Gasteiger partial charge in [0.05, 0.1) is 11.9 Å². The maximum Gasteiger partial charge on any atom is 0.260 e. The zero-order chi connectivity index (χ0) is 9.80. The smallest absolute Gasteiger partial charge is 0.260 e. The third kappa shape index (κ3) is 2.12. The highest BCUT2D eigenvalue weighted by atomic mass is 32.2. The van der Waals surface area contributed by atoms with Crippen LogP contribution >= 0.6 is 11.8 Å². The van der Waals surface area contributed by atoms with Crippen molar-refractivity contribution in [3.8, 4) is 0 Å². The summed E-state index contributed by atoms with van der Waals surface area (Å²) < 4.78 is 5.09. The Bertz CT molecular complexity index is 385. The van der Waals surface area contributed by atoms with Crippen molar-refractivity contribution in [3.05, 3.63) is 36.5 Å². The molecule has 4 nitrogen and oxygen atoms in total. The number of nitrogens with zero attached hydrogens (tertiary/aromatic N) is 2. The minimum absolute atomic E-state index is 0.462. The molecular formula is C9H9N3OS. The van der Waals surface area contributed by atoms with Crippen molar-refractivity contribution in [1.29, 1.82) is 0 Å². The Labute approximate surface area is 85.6 Å². The lowest BCUT2D eigenvalue weighted by Gasteiger charge is -1.97. The van der Waals surface area contributed by atoms with Crippen LogP contribution in [0.15, 0.2) is 45.3 Å². The molecule has 0 aliphatic carbocycles. The number of hydrogen-bond acceptors (Lipinski definition) is 5. The highest BCUT2D eigenvalue weighted by Crippen LogP contribution is 2.24. The summed E-state index contributed by atoms with van der Waals surface area (Å²) in [6.45, 7) is 0.462. The number of oxazole rings is 1. The van der Waals surface area contributed by atoms with Crippen molar-refractivity contribution < 1.29 is 4.42 Å². The fourth-order valence-electron chi connectivity index (χ4n) is 0.954. The van der Waals surface area contributed by atoms with Gasteiger partial charge in [0.1, 0.15) is 6.26 Å². The van der Waals surface area contributed by atoms with E-state index in [1.165, 1.54) is 11.8 Å². The minimum atomic E-state index is 0.462. The summed E-state index contributed by atoms with van der Waals surface area (Å²) in [6, 6.07) is 3.84. The molecule has 0 aromatic carbocycles. The molecule has 0 radical (unpaired) electrons. The van der Waals surface area contributed by atoms with Gasteiger partial charge in [-0.05, 0) is 23.9 Å². The van der Waals surface area contributed by atoms with Gasteiger partial charge in [-0.2, -0.15) is 0 Å². The van der Waals surface area contributed by atoms with Crippen LogP contribution in [0.1, 0.15) is 5.69 Å². The average Bonchev–Trinajstić information content (AvgIpc) is 2.72. The molecule has 72 valence electrons. The summed E-state index contributed by atoms with van der Waals surface area (Å²) in [7, 11) is 0. The lowest BCUT2D eigenvalue weighted by atomic mass is 10.4. The van der Waals surface area contributed by atoms with Gasteiger partial charge in [0.25, 0.3) is 5.22 Å².